The summed E-state index contributed by atoms with van der Waals surface area (Å²) < 4.78 is 63.7. The number of carbonyl (C=O) groups excluding carboxylic acids is 1. The van der Waals surface area contributed by atoms with Crippen LogP contribution in [0.1, 0.15) is 28.5 Å². The topological polar surface area (TPSA) is 95.1 Å². The van der Waals surface area contributed by atoms with Gasteiger partial charge in [0, 0.05) is 31.7 Å². The predicted octanol–water partition coefficient (Wildman–Crippen LogP) is 2.67. The minimum absolute atomic E-state index is 0.00539. The monoisotopic (exact) mass is 425 g/mol. The number of alkyl halides is 3. The van der Waals surface area contributed by atoms with Crippen LogP contribution < -0.4 is 5.32 Å². The zero-order valence-corrected chi connectivity index (χ0v) is 15.5. The highest BCUT2D eigenvalue weighted by molar-refractivity contribution is 5.93. The molecule has 2 aromatic heterocycles. The summed E-state index contributed by atoms with van der Waals surface area (Å²) in [5.74, 6) is -1.19. The van der Waals surface area contributed by atoms with Crippen molar-refractivity contribution in [3.63, 3.8) is 0 Å². The fourth-order valence-electron chi connectivity index (χ4n) is 3.15. The summed E-state index contributed by atoms with van der Waals surface area (Å²) in [7, 11) is 1.23. The first-order valence-corrected chi connectivity index (χ1v) is 8.80. The van der Waals surface area contributed by atoms with Crippen molar-refractivity contribution in [3.8, 4) is 11.4 Å². The average molecular weight is 425 g/mol. The minimum atomic E-state index is -4.68. The molecule has 0 spiro atoms. The molecule has 0 radical (unpaired) electrons. The van der Waals surface area contributed by atoms with Crippen LogP contribution in [0, 0.1) is 5.82 Å². The summed E-state index contributed by atoms with van der Waals surface area (Å²) in [6.07, 6.45) is -4.43. The van der Waals surface area contributed by atoms with Crippen molar-refractivity contribution in [3.05, 3.63) is 53.4 Å². The predicted molar refractivity (Wildman–Crippen MR) is 92.5 cm³/mol. The normalized spacial score (nSPS) is 19.2. The molecule has 158 valence electrons. The Morgan fingerprint density at radius 2 is 2.10 bits per heavy atom. The zero-order chi connectivity index (χ0) is 21.5. The Morgan fingerprint density at radius 3 is 2.73 bits per heavy atom. The highest BCUT2D eigenvalue weighted by Gasteiger charge is 2.44. The third kappa shape index (κ3) is 3.65. The molecule has 8 nitrogen and oxygen atoms in total. The van der Waals surface area contributed by atoms with Crippen LogP contribution in [0.5, 0.6) is 0 Å². The van der Waals surface area contributed by atoms with Crippen molar-refractivity contribution in [2.75, 3.05) is 13.2 Å². The van der Waals surface area contributed by atoms with E-state index in [4.69, 9.17) is 9.26 Å². The number of nitrogens with one attached hydrogen (secondary N) is 1. The Balaban J connectivity index is 1.63. The number of ether oxygens (including phenoxy) is 1. The smallest absolute Gasteiger partial charge is 0.378 e. The molecule has 1 aromatic carbocycles. The molecule has 1 saturated heterocycles. The summed E-state index contributed by atoms with van der Waals surface area (Å²) in [5.41, 5.74) is -2.35. The fraction of sp³-hybridized carbons (Fsp3) is 0.333. The lowest BCUT2D eigenvalue weighted by molar-refractivity contribution is -0.141. The highest BCUT2D eigenvalue weighted by atomic mass is 19.4. The average Bonchev–Trinajstić information content (AvgIpc) is 3.40. The van der Waals surface area contributed by atoms with Gasteiger partial charge in [0.2, 0.25) is 5.82 Å². The number of benzene rings is 1. The van der Waals surface area contributed by atoms with Crippen LogP contribution in [0.3, 0.4) is 0 Å². The summed E-state index contributed by atoms with van der Waals surface area (Å²) in [5, 5.41) is 9.81. The van der Waals surface area contributed by atoms with Crippen LogP contribution in [-0.4, -0.2) is 39.0 Å². The van der Waals surface area contributed by atoms with Crippen molar-refractivity contribution in [1.29, 1.82) is 0 Å². The van der Waals surface area contributed by atoms with E-state index in [1.165, 1.54) is 25.2 Å². The second kappa shape index (κ2) is 7.20. The number of halogens is 4. The van der Waals surface area contributed by atoms with Crippen LogP contribution in [0.2, 0.25) is 0 Å². The molecule has 1 fully saturated rings. The maximum absolute atomic E-state index is 13.5. The molecule has 0 unspecified atom stereocenters. The van der Waals surface area contributed by atoms with Crippen molar-refractivity contribution in [1.82, 2.24) is 25.2 Å². The largest absolute Gasteiger partial charge is 0.435 e. The van der Waals surface area contributed by atoms with E-state index in [-0.39, 0.29) is 37.0 Å². The zero-order valence-electron chi connectivity index (χ0n) is 15.5. The lowest BCUT2D eigenvalue weighted by atomic mass is 9.98. The van der Waals surface area contributed by atoms with E-state index in [9.17, 15) is 22.4 Å². The number of amides is 1. The Hall–Kier alpha value is -3.28. The van der Waals surface area contributed by atoms with Gasteiger partial charge in [-0.05, 0) is 12.1 Å². The first-order valence-electron chi connectivity index (χ1n) is 8.80. The molecule has 1 amide bonds. The number of hydrogen-bond donors (Lipinski definition) is 1. The van der Waals surface area contributed by atoms with Gasteiger partial charge in [0.05, 0.1) is 6.61 Å². The third-order valence-corrected chi connectivity index (χ3v) is 4.70. The minimum Gasteiger partial charge on any atom is -0.378 e. The molecule has 0 saturated carbocycles. The van der Waals surface area contributed by atoms with Gasteiger partial charge in [-0.15, -0.1) is 0 Å². The molecule has 12 heteroatoms. The maximum atomic E-state index is 13.5. The van der Waals surface area contributed by atoms with Crippen molar-refractivity contribution in [2.24, 2.45) is 7.05 Å². The van der Waals surface area contributed by atoms with E-state index in [0.29, 0.717) is 11.6 Å². The number of aromatic nitrogens is 4. The second-order valence-electron chi connectivity index (χ2n) is 6.81. The lowest BCUT2D eigenvalue weighted by Crippen LogP contribution is -2.47. The number of nitrogens with zero attached hydrogens (tertiary/aromatic N) is 4. The standard InChI is InChI=1S/C18H15F4N5O3/c1-27-12(8-13(25-27)18(20,21)22)15(28)24-17(5-6-29-9-17)16-23-14(26-30-16)10-3-2-4-11(19)7-10/h2-4,7-8H,5-6,9H2,1H3,(H,24,28)/t17-/m0/s1. The molecule has 1 aliphatic rings. The Morgan fingerprint density at radius 1 is 1.30 bits per heavy atom. The first-order chi connectivity index (χ1) is 14.2. The van der Waals surface area contributed by atoms with Crippen LogP contribution >= 0.6 is 0 Å². The second-order valence-corrected chi connectivity index (χ2v) is 6.81. The van der Waals surface area contributed by atoms with Crippen LogP contribution in [-0.2, 0) is 23.5 Å². The van der Waals surface area contributed by atoms with Gasteiger partial charge in [0.25, 0.3) is 11.8 Å². The van der Waals surface area contributed by atoms with Gasteiger partial charge in [0.15, 0.2) is 5.69 Å². The molecule has 3 heterocycles. The van der Waals surface area contributed by atoms with E-state index < -0.39 is 29.1 Å². The van der Waals surface area contributed by atoms with Gasteiger partial charge in [-0.1, -0.05) is 17.3 Å². The molecule has 0 aliphatic carbocycles. The van der Waals surface area contributed by atoms with Crippen molar-refractivity contribution >= 4 is 5.91 Å². The molecular weight excluding hydrogens is 410 g/mol. The molecule has 30 heavy (non-hydrogen) atoms. The van der Waals surface area contributed by atoms with E-state index in [1.54, 1.807) is 6.07 Å². The number of aryl methyl sites for hydroxylation is 1. The van der Waals surface area contributed by atoms with Crippen LogP contribution in [0.4, 0.5) is 17.6 Å². The third-order valence-electron chi connectivity index (χ3n) is 4.70. The van der Waals surface area contributed by atoms with Gasteiger partial charge >= 0.3 is 6.18 Å². The SMILES string of the molecule is Cn1nc(C(F)(F)F)cc1C(=O)N[C@@]1(c2nc(-c3cccc(F)c3)no2)CCOC1. The highest BCUT2D eigenvalue weighted by Crippen LogP contribution is 2.32. The summed E-state index contributed by atoms with van der Waals surface area (Å²) in [6.45, 7) is 0.241. The maximum Gasteiger partial charge on any atom is 0.435 e. The summed E-state index contributed by atoms with van der Waals surface area (Å²) >= 11 is 0. The Kier molecular flexibility index (Phi) is 4.80. The van der Waals surface area contributed by atoms with Crippen molar-refractivity contribution in [2.45, 2.75) is 18.1 Å². The van der Waals surface area contributed by atoms with Gasteiger partial charge < -0.3 is 14.6 Å². The Bertz CT molecular complexity index is 1090. The molecule has 3 aromatic rings. The van der Waals surface area contributed by atoms with E-state index >= 15 is 0 Å². The molecular formula is C18H15F4N5O3. The number of hydrogen-bond acceptors (Lipinski definition) is 6. The first kappa shape index (κ1) is 20.0. The van der Waals surface area contributed by atoms with Crippen molar-refractivity contribution < 1.29 is 31.6 Å². The van der Waals surface area contributed by atoms with E-state index in [1.807, 2.05) is 0 Å². The number of rotatable bonds is 4. The molecule has 0 bridgehead atoms. The number of carbonyl (C=O) groups is 1. The fourth-order valence-corrected chi connectivity index (χ4v) is 3.15. The molecule has 1 aliphatic heterocycles. The quantitative estimate of drug-likeness (QED) is 0.646. The Labute approximate surface area is 166 Å². The molecule has 4 rings (SSSR count). The van der Waals surface area contributed by atoms with Gasteiger partial charge in [-0.3, -0.25) is 9.48 Å². The lowest BCUT2D eigenvalue weighted by Gasteiger charge is -2.24. The van der Waals surface area contributed by atoms with Gasteiger partial charge in [-0.25, -0.2) is 4.39 Å². The van der Waals surface area contributed by atoms with Gasteiger partial charge in [0.1, 0.15) is 17.1 Å². The van der Waals surface area contributed by atoms with Crippen LogP contribution in [0.25, 0.3) is 11.4 Å². The van der Waals surface area contributed by atoms with Crippen LogP contribution in [0.15, 0.2) is 34.9 Å². The van der Waals surface area contributed by atoms with E-state index in [2.05, 4.69) is 20.6 Å². The summed E-state index contributed by atoms with van der Waals surface area (Å²) in [4.78, 5) is 17.0. The molecule has 1 N–H and O–H groups in total. The van der Waals surface area contributed by atoms with E-state index in [0.717, 1.165) is 4.68 Å². The van der Waals surface area contributed by atoms with Gasteiger partial charge in [-0.2, -0.15) is 23.3 Å². The molecule has 1 atom stereocenters. The summed E-state index contributed by atoms with van der Waals surface area (Å²) in [6, 6.07) is 6.21.